The molecule has 2 aromatic rings. The molecule has 4 heterocycles. The smallest absolute Gasteiger partial charge is 0.252 e. The molecule has 2 fully saturated rings. The Labute approximate surface area is 218 Å². The van der Waals surface area contributed by atoms with E-state index in [-0.39, 0.29) is 11.5 Å². The van der Waals surface area contributed by atoms with E-state index in [4.69, 9.17) is 14.5 Å². The summed E-state index contributed by atoms with van der Waals surface area (Å²) < 4.78 is 10.9. The first kappa shape index (κ1) is 25.5. The van der Waals surface area contributed by atoms with E-state index in [2.05, 4.69) is 31.8 Å². The zero-order valence-electron chi connectivity index (χ0n) is 22.2. The van der Waals surface area contributed by atoms with Crippen molar-refractivity contribution in [2.24, 2.45) is 5.41 Å². The first-order valence-corrected chi connectivity index (χ1v) is 13.2. The first-order chi connectivity index (χ1) is 17.7. The third-order valence-electron chi connectivity index (χ3n) is 7.20. The zero-order valence-corrected chi connectivity index (χ0v) is 22.2. The second-order valence-electron chi connectivity index (χ2n) is 11.2. The average molecular weight is 511 g/mol. The van der Waals surface area contributed by atoms with Crippen molar-refractivity contribution in [3.05, 3.63) is 45.9 Å². The molecule has 1 aromatic heterocycles. The highest BCUT2D eigenvalue weighted by molar-refractivity contribution is 5.81. The molecule has 0 spiro atoms. The normalized spacial score (nSPS) is 19.2. The van der Waals surface area contributed by atoms with Crippen LogP contribution < -0.4 is 19.9 Å². The molecule has 5 rings (SSSR count). The third-order valence-corrected chi connectivity index (χ3v) is 7.20. The molecule has 10 nitrogen and oxygen atoms in total. The summed E-state index contributed by atoms with van der Waals surface area (Å²) in [5.41, 5.74) is 1.48. The van der Waals surface area contributed by atoms with E-state index in [0.29, 0.717) is 32.4 Å². The molecule has 0 bridgehead atoms. The van der Waals surface area contributed by atoms with Gasteiger partial charge in [-0.15, -0.1) is 0 Å². The molecule has 37 heavy (non-hydrogen) atoms. The minimum absolute atomic E-state index is 0.131. The van der Waals surface area contributed by atoms with E-state index < -0.39 is 5.41 Å². The van der Waals surface area contributed by atoms with Crippen LogP contribution in [0.15, 0.2) is 29.1 Å². The quantitative estimate of drug-likeness (QED) is 0.652. The third kappa shape index (κ3) is 6.24. The van der Waals surface area contributed by atoms with Gasteiger partial charge in [-0.1, -0.05) is 26.8 Å². The minimum Gasteiger partial charge on any atom is -0.454 e. The first-order valence-electron chi connectivity index (χ1n) is 13.2. The average Bonchev–Trinajstić information content (AvgIpc) is 3.18. The molecule has 1 amide bonds. The minimum atomic E-state index is -0.393. The Morgan fingerprint density at radius 1 is 0.919 bits per heavy atom. The molecule has 1 aromatic carbocycles. The fourth-order valence-electron chi connectivity index (χ4n) is 5.16. The standard InChI is InChI=1S/C27H38N6O4/c1-27(2,3)25(35)32-7-4-8-33(14-13-32)26-28-21(16-24(34)29-26)18-31-11-9-30(10-12-31)17-20-5-6-22-23(15-20)37-19-36-22/h5-6,15-16H,4,7-14,17-19H2,1-3H3,(H,28,29,34). The van der Waals surface area contributed by atoms with Crippen LogP contribution in [-0.4, -0.2) is 89.7 Å². The molecule has 2 saturated heterocycles. The van der Waals surface area contributed by atoms with E-state index >= 15 is 0 Å². The Bertz CT molecular complexity index is 1170. The summed E-state index contributed by atoms with van der Waals surface area (Å²) in [6.07, 6.45) is 0.848. The van der Waals surface area contributed by atoms with Gasteiger partial charge in [0.05, 0.1) is 5.69 Å². The monoisotopic (exact) mass is 510 g/mol. The van der Waals surface area contributed by atoms with Crippen molar-refractivity contribution >= 4 is 11.9 Å². The Morgan fingerprint density at radius 2 is 1.65 bits per heavy atom. The van der Waals surface area contributed by atoms with Crippen molar-refractivity contribution in [1.82, 2.24) is 24.7 Å². The topological polar surface area (TPSA) is 94.2 Å². The fraction of sp³-hybridized carbons (Fsp3) is 0.593. The summed E-state index contributed by atoms with van der Waals surface area (Å²) >= 11 is 0. The van der Waals surface area contributed by atoms with Crippen LogP contribution in [0.5, 0.6) is 11.5 Å². The van der Waals surface area contributed by atoms with Crippen LogP contribution in [0.25, 0.3) is 0 Å². The molecule has 0 radical (unpaired) electrons. The van der Waals surface area contributed by atoms with Crippen molar-refractivity contribution in [2.75, 3.05) is 64.1 Å². The SMILES string of the molecule is CC(C)(C)C(=O)N1CCCN(c2nc(CN3CCN(Cc4ccc5c(c4)OCO5)CC3)cc(=O)[nH]2)CC1. The predicted octanol–water partition coefficient (Wildman–Crippen LogP) is 1.90. The molecule has 0 aliphatic carbocycles. The van der Waals surface area contributed by atoms with Crippen molar-refractivity contribution in [3.8, 4) is 11.5 Å². The molecule has 0 saturated carbocycles. The Morgan fingerprint density at radius 3 is 2.41 bits per heavy atom. The van der Waals surface area contributed by atoms with Crippen LogP contribution in [0.4, 0.5) is 5.95 Å². The summed E-state index contributed by atoms with van der Waals surface area (Å²) in [7, 11) is 0. The number of hydrogen-bond acceptors (Lipinski definition) is 8. The van der Waals surface area contributed by atoms with Crippen LogP contribution >= 0.6 is 0 Å². The number of H-pyrrole nitrogens is 1. The molecular formula is C27H38N6O4. The highest BCUT2D eigenvalue weighted by atomic mass is 16.7. The van der Waals surface area contributed by atoms with Crippen molar-refractivity contribution in [2.45, 2.75) is 40.3 Å². The fourth-order valence-corrected chi connectivity index (χ4v) is 5.16. The van der Waals surface area contributed by atoms with E-state index in [1.54, 1.807) is 6.07 Å². The summed E-state index contributed by atoms with van der Waals surface area (Å²) in [4.78, 5) is 41.8. The Kier molecular flexibility index (Phi) is 7.39. The van der Waals surface area contributed by atoms with Crippen LogP contribution in [0, 0.1) is 5.41 Å². The van der Waals surface area contributed by atoms with Gasteiger partial charge < -0.3 is 19.3 Å². The Balaban J connectivity index is 1.15. The van der Waals surface area contributed by atoms with E-state index in [9.17, 15) is 9.59 Å². The summed E-state index contributed by atoms with van der Waals surface area (Å²) in [6, 6.07) is 7.75. The molecule has 3 aliphatic rings. The maximum absolute atomic E-state index is 12.7. The summed E-state index contributed by atoms with van der Waals surface area (Å²) in [5.74, 6) is 2.41. The zero-order chi connectivity index (χ0) is 26.0. The van der Waals surface area contributed by atoms with Crippen LogP contribution in [0.2, 0.25) is 0 Å². The largest absolute Gasteiger partial charge is 0.454 e. The van der Waals surface area contributed by atoms with Crippen LogP contribution in [0.3, 0.4) is 0 Å². The van der Waals surface area contributed by atoms with Gasteiger partial charge in [-0.25, -0.2) is 4.98 Å². The molecule has 10 heteroatoms. The van der Waals surface area contributed by atoms with Gasteiger partial charge in [0.1, 0.15) is 0 Å². The number of nitrogens with one attached hydrogen (secondary N) is 1. The highest BCUT2D eigenvalue weighted by Crippen LogP contribution is 2.33. The summed E-state index contributed by atoms with van der Waals surface area (Å²) in [5, 5.41) is 0. The lowest BCUT2D eigenvalue weighted by Crippen LogP contribution is -2.45. The number of piperazine rings is 1. The second kappa shape index (κ2) is 10.7. The van der Waals surface area contributed by atoms with Crippen LogP contribution in [-0.2, 0) is 17.9 Å². The van der Waals surface area contributed by atoms with Gasteiger partial charge in [0.25, 0.3) is 5.56 Å². The number of hydrogen-bond donors (Lipinski definition) is 1. The maximum Gasteiger partial charge on any atom is 0.252 e. The number of anilines is 1. The van der Waals surface area contributed by atoms with E-state index in [1.807, 2.05) is 31.7 Å². The van der Waals surface area contributed by atoms with Gasteiger partial charge in [-0.3, -0.25) is 24.4 Å². The number of aromatic amines is 1. The molecule has 0 atom stereocenters. The summed E-state index contributed by atoms with van der Waals surface area (Å²) in [6.45, 7) is 14.2. The van der Waals surface area contributed by atoms with Gasteiger partial charge in [-0.2, -0.15) is 0 Å². The molecule has 1 N–H and O–H groups in total. The number of benzene rings is 1. The van der Waals surface area contributed by atoms with Gasteiger partial charge in [-0.05, 0) is 24.1 Å². The Hall–Kier alpha value is -3.11. The number of rotatable bonds is 5. The molecular weight excluding hydrogens is 472 g/mol. The van der Waals surface area contributed by atoms with Gasteiger partial charge in [0.15, 0.2) is 11.5 Å². The number of ether oxygens (including phenoxy) is 2. The lowest BCUT2D eigenvalue weighted by Gasteiger charge is -2.34. The number of carbonyl (C=O) groups excluding carboxylic acids is 1. The second-order valence-corrected chi connectivity index (χ2v) is 11.2. The molecule has 200 valence electrons. The van der Waals surface area contributed by atoms with Gasteiger partial charge >= 0.3 is 0 Å². The van der Waals surface area contributed by atoms with E-state index in [0.717, 1.165) is 69.4 Å². The van der Waals surface area contributed by atoms with Crippen molar-refractivity contribution < 1.29 is 14.3 Å². The molecule has 3 aliphatic heterocycles. The number of carbonyl (C=O) groups is 1. The lowest BCUT2D eigenvalue weighted by molar-refractivity contribution is -0.139. The van der Waals surface area contributed by atoms with Gasteiger partial charge in [0, 0.05) is 76.9 Å². The number of aromatic nitrogens is 2. The molecule has 0 unspecified atom stereocenters. The number of nitrogens with zero attached hydrogens (tertiary/aromatic N) is 5. The number of amides is 1. The maximum atomic E-state index is 12.7. The highest BCUT2D eigenvalue weighted by Gasteiger charge is 2.29. The predicted molar refractivity (Wildman–Crippen MR) is 141 cm³/mol. The van der Waals surface area contributed by atoms with E-state index in [1.165, 1.54) is 5.56 Å². The van der Waals surface area contributed by atoms with Crippen molar-refractivity contribution in [1.29, 1.82) is 0 Å². The van der Waals surface area contributed by atoms with Crippen molar-refractivity contribution in [3.63, 3.8) is 0 Å². The van der Waals surface area contributed by atoms with Crippen LogP contribution in [0.1, 0.15) is 38.4 Å². The number of fused-ring (bicyclic) bond motifs is 1. The van der Waals surface area contributed by atoms with Gasteiger partial charge in [0.2, 0.25) is 18.6 Å². The lowest BCUT2D eigenvalue weighted by atomic mass is 9.94.